The monoisotopic (exact) mass is 479 g/mol. The van der Waals surface area contributed by atoms with Crippen molar-refractivity contribution in [3.8, 4) is 17.2 Å². The number of hydrogen-bond donors (Lipinski definition) is 0. The van der Waals surface area contributed by atoms with Crippen LogP contribution < -0.4 is 14.2 Å². The molecule has 0 saturated carbocycles. The predicted molar refractivity (Wildman–Crippen MR) is 135 cm³/mol. The lowest BCUT2D eigenvalue weighted by Gasteiger charge is -2.06. The van der Waals surface area contributed by atoms with Crippen molar-refractivity contribution in [3.05, 3.63) is 95.1 Å². The van der Waals surface area contributed by atoms with Crippen molar-refractivity contribution in [2.24, 2.45) is 7.05 Å². The number of rotatable bonds is 4. The summed E-state index contributed by atoms with van der Waals surface area (Å²) >= 11 is 0. The third-order valence-corrected chi connectivity index (χ3v) is 6.29. The third-order valence-electron chi connectivity index (χ3n) is 6.29. The molecule has 0 aliphatic carbocycles. The minimum Gasteiger partial charge on any atom is -0.497 e. The van der Waals surface area contributed by atoms with Crippen LogP contribution >= 0.6 is 0 Å². The first kappa shape index (κ1) is 21.7. The molecule has 5 aromatic rings. The fraction of sp³-hybridized carbons (Fsp3) is 0.103. The van der Waals surface area contributed by atoms with Gasteiger partial charge >= 0.3 is 5.97 Å². The molecule has 6 rings (SSSR count). The number of methoxy groups -OCH3 is 1. The van der Waals surface area contributed by atoms with Crippen LogP contribution in [0.3, 0.4) is 0 Å². The largest absolute Gasteiger partial charge is 0.497 e. The molecule has 1 aliphatic heterocycles. The second-order valence-corrected chi connectivity index (χ2v) is 8.67. The molecule has 7 nitrogen and oxygen atoms in total. The summed E-state index contributed by atoms with van der Waals surface area (Å²) in [7, 11) is 3.56. The van der Waals surface area contributed by atoms with Gasteiger partial charge in [-0.15, -0.1) is 0 Å². The standard InChI is InChI=1S/C29H21NO6/c1-16-10-20(34-29(32)26-11-17-6-4-5-7-23(17)35-26)14-24-27(16)28(31)25(36-24)12-18-15-30(2)22-9-8-19(33-3)13-21(18)22/h4-15H,1-3H3/b25-12-. The van der Waals surface area contributed by atoms with E-state index in [1.54, 1.807) is 44.4 Å². The number of esters is 1. The number of aryl methyl sites for hydroxylation is 2. The van der Waals surface area contributed by atoms with E-state index < -0.39 is 5.97 Å². The minimum atomic E-state index is -0.629. The Morgan fingerprint density at radius 2 is 1.86 bits per heavy atom. The van der Waals surface area contributed by atoms with Gasteiger partial charge in [-0.1, -0.05) is 18.2 Å². The quantitative estimate of drug-likeness (QED) is 0.177. The number of carbonyl (C=O) groups is 2. The first-order valence-corrected chi connectivity index (χ1v) is 11.3. The second-order valence-electron chi connectivity index (χ2n) is 8.67. The Morgan fingerprint density at radius 3 is 2.67 bits per heavy atom. The molecule has 178 valence electrons. The van der Waals surface area contributed by atoms with E-state index in [2.05, 4.69) is 0 Å². The molecule has 36 heavy (non-hydrogen) atoms. The Morgan fingerprint density at radius 1 is 1.03 bits per heavy atom. The molecule has 0 bridgehead atoms. The molecule has 1 aliphatic rings. The SMILES string of the molecule is COc1ccc2c(c1)c(/C=C1\Oc3cc(OC(=O)c4cc5ccccc5o4)cc(C)c3C1=O)cn2C. The van der Waals surface area contributed by atoms with Gasteiger partial charge in [0.1, 0.15) is 22.8 Å². The summed E-state index contributed by atoms with van der Waals surface area (Å²) in [6.45, 7) is 1.78. The van der Waals surface area contributed by atoms with Gasteiger partial charge in [-0.25, -0.2) is 4.79 Å². The molecule has 3 heterocycles. The Balaban J connectivity index is 1.31. The molecule has 0 spiro atoms. The Bertz CT molecular complexity index is 1700. The van der Waals surface area contributed by atoms with Crippen LogP contribution in [0.25, 0.3) is 27.9 Å². The van der Waals surface area contributed by atoms with Gasteiger partial charge in [-0.2, -0.15) is 0 Å². The third kappa shape index (κ3) is 3.53. The zero-order valence-corrected chi connectivity index (χ0v) is 19.8. The van der Waals surface area contributed by atoms with Gasteiger partial charge < -0.3 is 23.2 Å². The summed E-state index contributed by atoms with van der Waals surface area (Å²) in [6.07, 6.45) is 3.66. The molecule has 0 fully saturated rings. The average Bonchev–Trinajstić information content (AvgIpc) is 3.53. The highest BCUT2D eigenvalue weighted by Crippen LogP contribution is 2.38. The molecule has 7 heteroatoms. The summed E-state index contributed by atoms with van der Waals surface area (Å²) in [5.74, 6) is 0.773. The van der Waals surface area contributed by atoms with E-state index in [-0.39, 0.29) is 23.1 Å². The summed E-state index contributed by atoms with van der Waals surface area (Å²) < 4.78 is 24.4. The van der Waals surface area contributed by atoms with Gasteiger partial charge in [0.2, 0.25) is 11.5 Å². The van der Waals surface area contributed by atoms with E-state index in [9.17, 15) is 9.59 Å². The van der Waals surface area contributed by atoms with Crippen LogP contribution in [0.5, 0.6) is 17.2 Å². The van der Waals surface area contributed by atoms with Gasteiger partial charge in [0.15, 0.2) is 5.76 Å². The fourth-order valence-electron chi connectivity index (χ4n) is 4.56. The normalized spacial score (nSPS) is 13.9. The van der Waals surface area contributed by atoms with Crippen molar-refractivity contribution in [2.75, 3.05) is 7.11 Å². The number of nitrogens with zero attached hydrogens (tertiary/aromatic N) is 1. The van der Waals surface area contributed by atoms with Gasteiger partial charge in [0, 0.05) is 41.2 Å². The first-order valence-electron chi connectivity index (χ1n) is 11.3. The van der Waals surface area contributed by atoms with Crippen molar-refractivity contribution >= 4 is 39.7 Å². The van der Waals surface area contributed by atoms with Crippen LogP contribution in [0.1, 0.15) is 32.0 Å². The highest BCUT2D eigenvalue weighted by molar-refractivity contribution is 6.16. The van der Waals surface area contributed by atoms with E-state index >= 15 is 0 Å². The summed E-state index contributed by atoms with van der Waals surface area (Å²) in [4.78, 5) is 25.9. The number of carbonyl (C=O) groups excluding carboxylic acids is 2. The lowest BCUT2D eigenvalue weighted by atomic mass is 10.0. The van der Waals surface area contributed by atoms with E-state index in [1.165, 1.54) is 0 Å². The summed E-state index contributed by atoms with van der Waals surface area (Å²) in [5.41, 5.74) is 3.53. The highest BCUT2D eigenvalue weighted by Gasteiger charge is 2.31. The lowest BCUT2D eigenvalue weighted by molar-refractivity contribution is 0.0703. The van der Waals surface area contributed by atoms with Crippen molar-refractivity contribution in [1.82, 2.24) is 4.57 Å². The topological polar surface area (TPSA) is 79.9 Å². The molecule has 0 atom stereocenters. The average molecular weight is 479 g/mol. The molecule has 0 radical (unpaired) electrons. The van der Waals surface area contributed by atoms with E-state index in [0.717, 1.165) is 27.6 Å². The molecule has 0 N–H and O–H groups in total. The van der Waals surface area contributed by atoms with Crippen molar-refractivity contribution in [1.29, 1.82) is 0 Å². The maximum absolute atomic E-state index is 13.2. The minimum absolute atomic E-state index is 0.0957. The van der Waals surface area contributed by atoms with Crippen molar-refractivity contribution in [3.63, 3.8) is 0 Å². The smallest absolute Gasteiger partial charge is 0.379 e. The number of benzene rings is 3. The number of fused-ring (bicyclic) bond motifs is 3. The van der Waals surface area contributed by atoms with Crippen LogP contribution in [0.15, 0.2) is 77.0 Å². The second kappa shape index (κ2) is 8.16. The fourth-order valence-corrected chi connectivity index (χ4v) is 4.56. The van der Waals surface area contributed by atoms with Gasteiger partial charge in [-0.3, -0.25) is 4.79 Å². The Labute approximate surface area is 206 Å². The van der Waals surface area contributed by atoms with E-state index in [0.29, 0.717) is 22.5 Å². The molecule has 0 saturated heterocycles. The van der Waals surface area contributed by atoms with Crippen LogP contribution in [-0.2, 0) is 7.05 Å². The number of para-hydroxylation sites is 1. The number of hydrogen-bond acceptors (Lipinski definition) is 6. The number of furan rings is 1. The maximum atomic E-state index is 13.2. The highest BCUT2D eigenvalue weighted by atomic mass is 16.5. The van der Waals surface area contributed by atoms with Crippen molar-refractivity contribution < 1.29 is 28.2 Å². The zero-order valence-electron chi connectivity index (χ0n) is 19.8. The van der Waals surface area contributed by atoms with E-state index in [4.69, 9.17) is 18.6 Å². The van der Waals surface area contributed by atoms with Gasteiger partial charge in [-0.05, 0) is 55.0 Å². The predicted octanol–water partition coefficient (Wildman–Crippen LogP) is 6.08. The van der Waals surface area contributed by atoms with Crippen LogP contribution in [0, 0.1) is 6.92 Å². The summed E-state index contributed by atoms with van der Waals surface area (Å²) in [6, 6.07) is 18.0. The Hall–Kier alpha value is -4.78. The Kier molecular flexibility index (Phi) is 4.93. The van der Waals surface area contributed by atoms with Crippen LogP contribution in [-0.4, -0.2) is 23.4 Å². The van der Waals surface area contributed by atoms with Gasteiger partial charge in [0.05, 0.1) is 12.7 Å². The molecule has 2 aromatic heterocycles. The number of ether oxygens (including phenoxy) is 3. The number of allylic oxidation sites excluding steroid dienone is 1. The molecule has 0 amide bonds. The first-order chi connectivity index (χ1) is 17.4. The maximum Gasteiger partial charge on any atom is 0.379 e. The molecular weight excluding hydrogens is 458 g/mol. The lowest BCUT2D eigenvalue weighted by Crippen LogP contribution is -2.07. The molecule has 0 unspecified atom stereocenters. The van der Waals surface area contributed by atoms with Crippen molar-refractivity contribution in [2.45, 2.75) is 6.92 Å². The number of Topliss-reactive ketones (excluding diaryl/α,β-unsaturated/α-hetero) is 1. The zero-order chi connectivity index (χ0) is 25.0. The van der Waals surface area contributed by atoms with Gasteiger partial charge in [0.25, 0.3) is 0 Å². The molecular formula is C29H21NO6. The van der Waals surface area contributed by atoms with E-state index in [1.807, 2.05) is 54.2 Å². The number of aromatic nitrogens is 1. The number of ketones is 1. The molecule has 3 aromatic carbocycles. The van der Waals surface area contributed by atoms with Crippen LogP contribution in [0.4, 0.5) is 0 Å². The summed E-state index contributed by atoms with van der Waals surface area (Å²) in [5, 5.41) is 1.75. The van der Waals surface area contributed by atoms with Crippen LogP contribution in [0.2, 0.25) is 0 Å².